The van der Waals surface area contributed by atoms with Crippen LogP contribution in [0.3, 0.4) is 0 Å². The lowest BCUT2D eigenvalue weighted by Crippen LogP contribution is -2.41. The summed E-state index contributed by atoms with van der Waals surface area (Å²) in [6, 6.07) is 11.1. The SMILES string of the molecule is CCOC(=O)c1ccc2nc(NC(=O)C3CCN(S(=O)(=O)c4ccc(Cl)cc4)CC3)sc2c1. The molecule has 11 heteroatoms. The first-order valence-corrected chi connectivity index (χ1v) is 13.1. The van der Waals surface area contributed by atoms with Crippen LogP contribution in [-0.2, 0) is 19.6 Å². The summed E-state index contributed by atoms with van der Waals surface area (Å²) < 4.78 is 32.8. The monoisotopic (exact) mass is 507 g/mol. The fourth-order valence-corrected chi connectivity index (χ4v) is 6.14. The molecule has 3 aromatic rings. The number of fused-ring (bicyclic) bond motifs is 1. The summed E-state index contributed by atoms with van der Waals surface area (Å²) in [5, 5.41) is 3.74. The van der Waals surface area contributed by atoms with Gasteiger partial charge < -0.3 is 10.1 Å². The molecule has 2 heterocycles. The molecule has 1 saturated heterocycles. The zero-order chi connectivity index (χ0) is 23.6. The molecule has 0 aliphatic carbocycles. The van der Waals surface area contributed by atoms with Crippen molar-refractivity contribution in [3.63, 3.8) is 0 Å². The Kier molecular flexibility index (Phi) is 6.99. The van der Waals surface area contributed by atoms with Gasteiger partial charge in [0.25, 0.3) is 0 Å². The second-order valence-corrected chi connectivity index (χ2v) is 10.9. The number of aromatic nitrogens is 1. The number of anilines is 1. The fourth-order valence-electron chi connectivity index (χ4n) is 3.64. The minimum Gasteiger partial charge on any atom is -0.462 e. The smallest absolute Gasteiger partial charge is 0.338 e. The molecule has 1 aliphatic rings. The van der Waals surface area contributed by atoms with Gasteiger partial charge in [-0.05, 0) is 62.2 Å². The Balaban J connectivity index is 1.38. The lowest BCUT2D eigenvalue weighted by Gasteiger charge is -2.30. The normalized spacial score (nSPS) is 15.5. The second kappa shape index (κ2) is 9.76. The molecule has 1 fully saturated rings. The van der Waals surface area contributed by atoms with Crippen molar-refractivity contribution in [2.75, 3.05) is 25.0 Å². The summed E-state index contributed by atoms with van der Waals surface area (Å²) in [4.78, 5) is 29.3. The van der Waals surface area contributed by atoms with Crippen molar-refractivity contribution in [3.05, 3.63) is 53.1 Å². The maximum absolute atomic E-state index is 12.8. The van der Waals surface area contributed by atoms with Gasteiger partial charge in [0.05, 0.1) is 27.3 Å². The Morgan fingerprint density at radius 3 is 2.55 bits per heavy atom. The van der Waals surface area contributed by atoms with Crippen LogP contribution in [0.2, 0.25) is 5.02 Å². The molecule has 1 N–H and O–H groups in total. The number of hydrogen-bond acceptors (Lipinski definition) is 7. The number of amides is 1. The van der Waals surface area contributed by atoms with E-state index in [1.165, 1.54) is 27.8 Å². The van der Waals surface area contributed by atoms with Crippen LogP contribution in [0.25, 0.3) is 10.2 Å². The Bertz CT molecular complexity index is 1280. The first kappa shape index (κ1) is 23.6. The van der Waals surface area contributed by atoms with E-state index in [-0.39, 0.29) is 29.8 Å². The van der Waals surface area contributed by atoms with Crippen molar-refractivity contribution in [1.29, 1.82) is 0 Å². The summed E-state index contributed by atoms with van der Waals surface area (Å²) in [5.41, 5.74) is 1.10. The van der Waals surface area contributed by atoms with Gasteiger partial charge in [-0.3, -0.25) is 4.79 Å². The van der Waals surface area contributed by atoms with Gasteiger partial charge >= 0.3 is 5.97 Å². The number of hydrogen-bond donors (Lipinski definition) is 1. The molecule has 0 atom stereocenters. The van der Waals surface area contributed by atoms with Gasteiger partial charge in [-0.15, -0.1) is 0 Å². The van der Waals surface area contributed by atoms with Gasteiger partial charge in [0.15, 0.2) is 5.13 Å². The summed E-state index contributed by atoms with van der Waals surface area (Å²) >= 11 is 7.12. The fraction of sp³-hybridized carbons (Fsp3) is 0.318. The number of carbonyl (C=O) groups excluding carboxylic acids is 2. The van der Waals surface area contributed by atoms with Crippen molar-refractivity contribution in [3.8, 4) is 0 Å². The summed E-state index contributed by atoms with van der Waals surface area (Å²) in [6.45, 7) is 2.55. The third-order valence-corrected chi connectivity index (χ3v) is 8.50. The lowest BCUT2D eigenvalue weighted by atomic mass is 9.97. The van der Waals surface area contributed by atoms with Gasteiger partial charge in [0.2, 0.25) is 15.9 Å². The molecule has 0 radical (unpaired) electrons. The van der Waals surface area contributed by atoms with Crippen molar-refractivity contribution < 1.29 is 22.7 Å². The van der Waals surface area contributed by atoms with E-state index >= 15 is 0 Å². The number of ether oxygens (including phenoxy) is 1. The summed E-state index contributed by atoms with van der Waals surface area (Å²) in [6.07, 6.45) is 0.826. The third kappa shape index (κ3) is 5.19. The Morgan fingerprint density at radius 2 is 1.88 bits per heavy atom. The predicted molar refractivity (Wildman–Crippen MR) is 127 cm³/mol. The molecule has 8 nitrogen and oxygen atoms in total. The lowest BCUT2D eigenvalue weighted by molar-refractivity contribution is -0.120. The number of thiazole rings is 1. The average molecular weight is 508 g/mol. The molecule has 2 aromatic carbocycles. The maximum atomic E-state index is 12.8. The predicted octanol–water partition coefficient (Wildman–Crippen LogP) is 4.17. The average Bonchev–Trinajstić information content (AvgIpc) is 3.21. The number of nitrogens with zero attached hydrogens (tertiary/aromatic N) is 2. The van der Waals surface area contributed by atoms with Crippen LogP contribution in [0.5, 0.6) is 0 Å². The number of halogens is 1. The van der Waals surface area contributed by atoms with E-state index < -0.39 is 16.0 Å². The Labute approximate surface area is 200 Å². The first-order valence-electron chi connectivity index (χ1n) is 10.4. The minimum atomic E-state index is -3.62. The summed E-state index contributed by atoms with van der Waals surface area (Å²) in [7, 11) is -3.62. The number of piperidine rings is 1. The largest absolute Gasteiger partial charge is 0.462 e. The van der Waals surface area contributed by atoms with Crippen LogP contribution in [0, 0.1) is 5.92 Å². The van der Waals surface area contributed by atoms with Crippen LogP contribution in [-0.4, -0.2) is 49.3 Å². The van der Waals surface area contributed by atoms with E-state index in [1.54, 1.807) is 37.3 Å². The molecular weight excluding hydrogens is 486 g/mol. The standard InChI is InChI=1S/C22H22ClN3O5S2/c1-2-31-21(28)15-3-8-18-19(13-15)32-22(24-18)25-20(27)14-9-11-26(12-10-14)33(29,30)17-6-4-16(23)5-7-17/h3-8,13-14H,2,9-12H2,1H3,(H,24,25,27). The molecule has 0 bridgehead atoms. The van der Waals surface area contributed by atoms with Crippen LogP contribution in [0.15, 0.2) is 47.4 Å². The van der Waals surface area contributed by atoms with Crippen LogP contribution in [0.4, 0.5) is 5.13 Å². The van der Waals surface area contributed by atoms with Crippen molar-refractivity contribution >= 4 is 60.2 Å². The molecule has 0 spiro atoms. The first-order chi connectivity index (χ1) is 15.8. The zero-order valence-electron chi connectivity index (χ0n) is 17.8. The van der Waals surface area contributed by atoms with Gasteiger partial charge in [-0.1, -0.05) is 22.9 Å². The Morgan fingerprint density at radius 1 is 1.18 bits per heavy atom. The van der Waals surface area contributed by atoms with Crippen LogP contribution >= 0.6 is 22.9 Å². The minimum absolute atomic E-state index is 0.187. The molecule has 0 unspecified atom stereocenters. The molecular formula is C22H22ClN3O5S2. The van der Waals surface area contributed by atoms with E-state index in [4.69, 9.17) is 16.3 Å². The molecule has 1 aromatic heterocycles. The number of rotatable bonds is 6. The van der Waals surface area contributed by atoms with Crippen LogP contribution in [0.1, 0.15) is 30.1 Å². The zero-order valence-corrected chi connectivity index (χ0v) is 20.2. The molecule has 0 saturated carbocycles. The number of nitrogens with one attached hydrogen (secondary N) is 1. The second-order valence-electron chi connectivity index (χ2n) is 7.54. The maximum Gasteiger partial charge on any atom is 0.338 e. The van der Waals surface area contributed by atoms with E-state index in [2.05, 4.69) is 10.3 Å². The molecule has 174 valence electrons. The van der Waals surface area contributed by atoms with E-state index in [0.717, 1.165) is 4.70 Å². The number of carbonyl (C=O) groups is 2. The van der Waals surface area contributed by atoms with Crippen molar-refractivity contribution in [1.82, 2.24) is 9.29 Å². The van der Waals surface area contributed by atoms with Gasteiger partial charge in [-0.2, -0.15) is 4.31 Å². The van der Waals surface area contributed by atoms with E-state index in [1.807, 2.05) is 0 Å². The number of sulfonamides is 1. The number of esters is 1. The molecule has 4 rings (SSSR count). The van der Waals surface area contributed by atoms with E-state index in [0.29, 0.717) is 40.7 Å². The molecule has 1 amide bonds. The Hall–Kier alpha value is -2.53. The van der Waals surface area contributed by atoms with E-state index in [9.17, 15) is 18.0 Å². The molecule has 33 heavy (non-hydrogen) atoms. The van der Waals surface area contributed by atoms with Gasteiger partial charge in [0, 0.05) is 24.0 Å². The number of benzene rings is 2. The van der Waals surface area contributed by atoms with Crippen molar-refractivity contribution in [2.45, 2.75) is 24.7 Å². The quantitative estimate of drug-likeness (QED) is 0.502. The molecule has 1 aliphatic heterocycles. The van der Waals surface area contributed by atoms with Crippen molar-refractivity contribution in [2.24, 2.45) is 5.92 Å². The highest BCUT2D eigenvalue weighted by Crippen LogP contribution is 2.29. The highest BCUT2D eigenvalue weighted by atomic mass is 35.5. The van der Waals surface area contributed by atoms with Gasteiger partial charge in [0.1, 0.15) is 0 Å². The van der Waals surface area contributed by atoms with Gasteiger partial charge in [-0.25, -0.2) is 18.2 Å². The summed E-state index contributed by atoms with van der Waals surface area (Å²) in [5.74, 6) is -0.911. The highest BCUT2D eigenvalue weighted by Gasteiger charge is 2.32. The van der Waals surface area contributed by atoms with Crippen LogP contribution < -0.4 is 5.32 Å². The highest BCUT2D eigenvalue weighted by molar-refractivity contribution is 7.89. The third-order valence-electron chi connectivity index (χ3n) is 5.41. The topological polar surface area (TPSA) is 106 Å².